The molecule has 0 spiro atoms. The minimum atomic E-state index is -0.0607. The zero-order chi connectivity index (χ0) is 10.8. The molecule has 0 amide bonds. The lowest BCUT2D eigenvalue weighted by Crippen LogP contribution is -2.04. The number of ether oxygens (including phenoxy) is 2. The smallest absolute Gasteiger partial charge is 0.239 e. The molecule has 0 fully saturated rings. The fourth-order valence-corrected chi connectivity index (χ4v) is 1.21. The maximum atomic E-state index is 11.1. The Morgan fingerprint density at radius 2 is 2.20 bits per heavy atom. The summed E-state index contributed by atoms with van der Waals surface area (Å²) in [6.45, 7) is 1.46. The largest absolute Gasteiger partial charge is 0.456 e. The summed E-state index contributed by atoms with van der Waals surface area (Å²) in [5.74, 6) is 0.901. The number of fused-ring (bicyclic) bond motifs is 1. The van der Waals surface area contributed by atoms with Gasteiger partial charge in [0.2, 0.25) is 5.76 Å². The Hall–Kier alpha value is -2.28. The van der Waals surface area contributed by atoms with Crippen LogP contribution in [0.3, 0.4) is 0 Å². The number of nitriles is 1. The monoisotopic (exact) mass is 201 g/mol. The lowest BCUT2D eigenvalue weighted by atomic mass is 10.1. The van der Waals surface area contributed by atoms with E-state index in [0.29, 0.717) is 17.1 Å². The number of ketones is 1. The van der Waals surface area contributed by atoms with Crippen molar-refractivity contribution in [2.75, 3.05) is 0 Å². The molecule has 0 bridgehead atoms. The second-order valence-electron chi connectivity index (χ2n) is 3.03. The van der Waals surface area contributed by atoms with Gasteiger partial charge >= 0.3 is 0 Å². The summed E-state index contributed by atoms with van der Waals surface area (Å²) in [6.07, 6.45) is 1.23. The Balaban J connectivity index is 2.40. The summed E-state index contributed by atoms with van der Waals surface area (Å²) < 4.78 is 10.3. The first-order valence-electron chi connectivity index (χ1n) is 4.30. The van der Waals surface area contributed by atoms with Crippen molar-refractivity contribution in [3.05, 3.63) is 35.8 Å². The first-order chi connectivity index (χ1) is 7.20. The van der Waals surface area contributed by atoms with E-state index in [0.717, 1.165) is 0 Å². The molecule has 0 saturated heterocycles. The van der Waals surface area contributed by atoms with Crippen molar-refractivity contribution >= 4 is 5.78 Å². The van der Waals surface area contributed by atoms with Crippen molar-refractivity contribution in [2.45, 2.75) is 6.92 Å². The molecular weight excluding hydrogens is 194 g/mol. The summed E-state index contributed by atoms with van der Waals surface area (Å²) in [7, 11) is 0. The van der Waals surface area contributed by atoms with Crippen LogP contribution in [-0.2, 0) is 0 Å². The van der Waals surface area contributed by atoms with E-state index >= 15 is 0 Å². The molecule has 1 aromatic rings. The predicted octanol–water partition coefficient (Wildman–Crippen LogP) is 2.03. The third-order valence-corrected chi connectivity index (χ3v) is 1.97. The third-order valence-electron chi connectivity index (χ3n) is 1.97. The lowest BCUT2D eigenvalue weighted by molar-refractivity contribution is 0.101. The molecule has 0 aromatic heterocycles. The van der Waals surface area contributed by atoms with Crippen molar-refractivity contribution < 1.29 is 14.3 Å². The molecule has 0 N–H and O–H groups in total. The Labute approximate surface area is 86.3 Å². The second-order valence-corrected chi connectivity index (χ2v) is 3.03. The fraction of sp³-hybridized carbons (Fsp3) is 0.0909. The molecule has 0 radical (unpaired) electrons. The predicted molar refractivity (Wildman–Crippen MR) is 51.4 cm³/mol. The van der Waals surface area contributed by atoms with Crippen LogP contribution in [0.15, 0.2) is 30.2 Å². The lowest BCUT2D eigenvalue weighted by Gasteiger charge is -2.14. The van der Waals surface area contributed by atoms with Crippen molar-refractivity contribution in [1.82, 2.24) is 0 Å². The van der Waals surface area contributed by atoms with Gasteiger partial charge in [0, 0.05) is 5.56 Å². The van der Waals surface area contributed by atoms with Gasteiger partial charge in [-0.2, -0.15) is 5.26 Å². The topological polar surface area (TPSA) is 59.3 Å². The standard InChI is InChI=1S/C11H7NO3/c1-7(13)8-2-3-10-11(4-8)15-9(5-12)6-14-10/h2-4,6H,1H3. The van der Waals surface area contributed by atoms with Crippen molar-refractivity contribution in [3.8, 4) is 17.6 Å². The Bertz CT molecular complexity index is 497. The van der Waals surface area contributed by atoms with Crippen LogP contribution in [0, 0.1) is 11.3 Å². The molecule has 1 heterocycles. The Morgan fingerprint density at radius 1 is 1.40 bits per heavy atom. The number of carbonyl (C=O) groups is 1. The highest BCUT2D eigenvalue weighted by Gasteiger charge is 2.15. The molecule has 2 rings (SSSR count). The molecule has 0 unspecified atom stereocenters. The van der Waals surface area contributed by atoms with Gasteiger partial charge in [-0.3, -0.25) is 4.79 Å². The molecule has 4 nitrogen and oxygen atoms in total. The summed E-state index contributed by atoms with van der Waals surface area (Å²) in [4.78, 5) is 11.1. The minimum absolute atomic E-state index is 0.0607. The normalized spacial score (nSPS) is 12.7. The quantitative estimate of drug-likeness (QED) is 0.652. The van der Waals surface area contributed by atoms with Crippen LogP contribution in [-0.4, -0.2) is 5.78 Å². The maximum Gasteiger partial charge on any atom is 0.239 e. The number of allylic oxidation sites excluding steroid dienone is 1. The molecule has 0 aliphatic carbocycles. The van der Waals surface area contributed by atoms with Gasteiger partial charge in [-0.1, -0.05) is 0 Å². The molecule has 1 aromatic carbocycles. The SMILES string of the molecule is CC(=O)c1ccc2c(c1)OC(C#N)=CO2. The van der Waals surface area contributed by atoms with Gasteiger partial charge in [-0.05, 0) is 25.1 Å². The third kappa shape index (κ3) is 1.67. The van der Waals surface area contributed by atoms with Crippen LogP contribution in [0.25, 0.3) is 0 Å². The van der Waals surface area contributed by atoms with Crippen LogP contribution in [0.5, 0.6) is 11.5 Å². The summed E-state index contributed by atoms with van der Waals surface area (Å²) in [5.41, 5.74) is 0.525. The molecule has 74 valence electrons. The zero-order valence-corrected chi connectivity index (χ0v) is 7.98. The van der Waals surface area contributed by atoms with Gasteiger partial charge in [0.05, 0.1) is 0 Å². The summed E-state index contributed by atoms with van der Waals surface area (Å²) in [6, 6.07) is 6.66. The van der Waals surface area contributed by atoms with Gasteiger partial charge in [0.15, 0.2) is 17.3 Å². The first kappa shape index (κ1) is 9.28. The van der Waals surface area contributed by atoms with Gasteiger partial charge in [-0.15, -0.1) is 0 Å². The van der Waals surface area contributed by atoms with Gasteiger partial charge in [0.25, 0.3) is 0 Å². The van der Waals surface area contributed by atoms with E-state index < -0.39 is 0 Å². The first-order valence-corrected chi connectivity index (χ1v) is 4.30. The maximum absolute atomic E-state index is 11.1. The van der Waals surface area contributed by atoms with E-state index in [1.54, 1.807) is 18.2 Å². The number of rotatable bonds is 1. The van der Waals surface area contributed by atoms with Crippen LogP contribution in [0.2, 0.25) is 0 Å². The highest BCUT2D eigenvalue weighted by molar-refractivity contribution is 5.94. The fourth-order valence-electron chi connectivity index (χ4n) is 1.21. The minimum Gasteiger partial charge on any atom is -0.456 e. The zero-order valence-electron chi connectivity index (χ0n) is 7.98. The van der Waals surface area contributed by atoms with E-state index in [2.05, 4.69) is 0 Å². The van der Waals surface area contributed by atoms with E-state index in [4.69, 9.17) is 14.7 Å². The van der Waals surface area contributed by atoms with E-state index in [9.17, 15) is 4.79 Å². The highest BCUT2D eigenvalue weighted by atomic mass is 16.6. The highest BCUT2D eigenvalue weighted by Crippen LogP contribution is 2.33. The van der Waals surface area contributed by atoms with Crippen LogP contribution in [0.1, 0.15) is 17.3 Å². The van der Waals surface area contributed by atoms with Crippen LogP contribution < -0.4 is 9.47 Å². The number of carbonyl (C=O) groups excluding carboxylic acids is 1. The molecule has 15 heavy (non-hydrogen) atoms. The average molecular weight is 201 g/mol. The molecule has 4 heteroatoms. The van der Waals surface area contributed by atoms with Gasteiger partial charge in [0.1, 0.15) is 12.3 Å². The number of hydrogen-bond acceptors (Lipinski definition) is 4. The average Bonchev–Trinajstić information content (AvgIpc) is 2.27. The van der Waals surface area contributed by atoms with Gasteiger partial charge < -0.3 is 9.47 Å². The second kappa shape index (κ2) is 3.46. The molecule has 0 saturated carbocycles. The van der Waals surface area contributed by atoms with Crippen molar-refractivity contribution in [2.24, 2.45) is 0 Å². The molecule has 1 aliphatic rings. The Morgan fingerprint density at radius 3 is 2.87 bits per heavy atom. The van der Waals surface area contributed by atoms with E-state index in [1.807, 2.05) is 6.07 Å². The number of benzene rings is 1. The molecule has 1 aliphatic heterocycles. The van der Waals surface area contributed by atoms with Crippen LogP contribution >= 0.6 is 0 Å². The number of hydrogen-bond donors (Lipinski definition) is 0. The van der Waals surface area contributed by atoms with Crippen LogP contribution in [0.4, 0.5) is 0 Å². The number of Topliss-reactive ketones (excluding diaryl/α,β-unsaturated/α-hetero) is 1. The number of nitrogens with zero attached hydrogens (tertiary/aromatic N) is 1. The summed E-state index contributed by atoms with van der Waals surface area (Å²) in [5, 5.41) is 8.60. The van der Waals surface area contributed by atoms with E-state index in [-0.39, 0.29) is 11.5 Å². The van der Waals surface area contributed by atoms with Crippen molar-refractivity contribution in [1.29, 1.82) is 5.26 Å². The Kier molecular flexibility index (Phi) is 2.14. The van der Waals surface area contributed by atoms with E-state index in [1.165, 1.54) is 13.2 Å². The molecular formula is C11H7NO3. The molecule has 0 atom stereocenters. The van der Waals surface area contributed by atoms with Crippen molar-refractivity contribution in [3.63, 3.8) is 0 Å². The summed E-state index contributed by atoms with van der Waals surface area (Å²) >= 11 is 0. The van der Waals surface area contributed by atoms with Gasteiger partial charge in [-0.25, -0.2) is 0 Å².